The average molecular weight is 454 g/mol. The SMILES string of the molecule is Cc1c(Nc2nc(N[C@@H]3CCC[C@H](n4cnc5cc(C#N)cnc54)C3)ncc2C#N)cnn1C. The van der Waals surface area contributed by atoms with Gasteiger partial charge in [-0.05, 0) is 38.7 Å². The van der Waals surface area contributed by atoms with E-state index < -0.39 is 0 Å². The highest BCUT2D eigenvalue weighted by Crippen LogP contribution is 2.32. The van der Waals surface area contributed by atoms with Crippen LogP contribution in [0.1, 0.15) is 48.5 Å². The van der Waals surface area contributed by atoms with Crippen molar-refractivity contribution in [2.24, 2.45) is 7.05 Å². The third kappa shape index (κ3) is 3.99. The number of hydrogen-bond donors (Lipinski definition) is 2. The number of fused-ring (bicyclic) bond motifs is 1. The molecule has 0 aliphatic heterocycles. The Hall–Kier alpha value is -4.51. The molecule has 4 heterocycles. The van der Waals surface area contributed by atoms with Crippen molar-refractivity contribution in [2.75, 3.05) is 10.6 Å². The molecule has 5 rings (SSSR count). The van der Waals surface area contributed by atoms with Crippen LogP contribution in [0.2, 0.25) is 0 Å². The summed E-state index contributed by atoms with van der Waals surface area (Å²) in [5.74, 6) is 0.919. The van der Waals surface area contributed by atoms with E-state index in [1.807, 2.05) is 20.3 Å². The highest BCUT2D eigenvalue weighted by Gasteiger charge is 2.25. The summed E-state index contributed by atoms with van der Waals surface area (Å²) in [5.41, 5.74) is 4.12. The van der Waals surface area contributed by atoms with Gasteiger partial charge < -0.3 is 15.2 Å². The van der Waals surface area contributed by atoms with Crippen LogP contribution in [0.15, 0.2) is 31.0 Å². The minimum atomic E-state index is 0.162. The predicted octanol–water partition coefficient (Wildman–Crippen LogP) is 3.35. The average Bonchev–Trinajstić information content (AvgIpc) is 3.42. The Labute approximate surface area is 196 Å². The summed E-state index contributed by atoms with van der Waals surface area (Å²) in [6, 6.07) is 6.41. The third-order valence-corrected chi connectivity index (χ3v) is 6.31. The number of nitrogens with one attached hydrogen (secondary N) is 2. The van der Waals surface area contributed by atoms with E-state index in [-0.39, 0.29) is 12.1 Å². The van der Waals surface area contributed by atoms with Crippen molar-refractivity contribution < 1.29 is 0 Å². The quantitative estimate of drug-likeness (QED) is 0.464. The molecular formula is C23H23N11. The van der Waals surface area contributed by atoms with Crippen molar-refractivity contribution >= 4 is 28.6 Å². The predicted molar refractivity (Wildman–Crippen MR) is 125 cm³/mol. The normalized spacial score (nSPS) is 17.8. The molecule has 11 nitrogen and oxygen atoms in total. The molecule has 0 saturated heterocycles. The number of hydrogen-bond acceptors (Lipinski definition) is 9. The van der Waals surface area contributed by atoms with E-state index in [2.05, 4.69) is 52.4 Å². The first-order chi connectivity index (χ1) is 16.6. The van der Waals surface area contributed by atoms with Crippen molar-refractivity contribution in [2.45, 2.75) is 44.7 Å². The summed E-state index contributed by atoms with van der Waals surface area (Å²) in [6.45, 7) is 1.94. The molecule has 0 unspecified atom stereocenters. The monoisotopic (exact) mass is 453 g/mol. The molecule has 1 aliphatic rings. The number of nitrogens with zero attached hydrogens (tertiary/aromatic N) is 9. The number of pyridine rings is 1. The Bertz CT molecular complexity index is 1440. The van der Waals surface area contributed by atoms with Gasteiger partial charge in [-0.15, -0.1) is 0 Å². The number of rotatable bonds is 5. The Kier molecular flexibility index (Phi) is 5.52. The lowest BCUT2D eigenvalue weighted by atomic mass is 9.91. The fraction of sp³-hybridized carbons (Fsp3) is 0.348. The second-order valence-electron chi connectivity index (χ2n) is 8.45. The van der Waals surface area contributed by atoms with E-state index in [0.717, 1.165) is 48.2 Å². The van der Waals surface area contributed by atoms with E-state index in [0.29, 0.717) is 22.9 Å². The molecule has 2 N–H and O–H groups in total. The summed E-state index contributed by atoms with van der Waals surface area (Å²) in [4.78, 5) is 17.9. The highest BCUT2D eigenvalue weighted by molar-refractivity contribution is 5.72. The van der Waals surface area contributed by atoms with Crippen LogP contribution in [-0.4, -0.2) is 40.3 Å². The molecule has 0 bridgehead atoms. The number of aromatic nitrogens is 7. The van der Waals surface area contributed by atoms with Gasteiger partial charge in [0.05, 0.1) is 35.7 Å². The lowest BCUT2D eigenvalue weighted by molar-refractivity contribution is 0.335. The smallest absolute Gasteiger partial charge is 0.224 e. The van der Waals surface area contributed by atoms with Crippen molar-refractivity contribution in [1.82, 2.24) is 34.3 Å². The van der Waals surface area contributed by atoms with Crippen LogP contribution in [0.25, 0.3) is 11.2 Å². The van der Waals surface area contributed by atoms with Crippen LogP contribution in [0, 0.1) is 29.6 Å². The van der Waals surface area contributed by atoms with Gasteiger partial charge in [0.25, 0.3) is 0 Å². The van der Waals surface area contributed by atoms with Crippen molar-refractivity contribution in [3.63, 3.8) is 0 Å². The molecule has 0 aromatic carbocycles. The van der Waals surface area contributed by atoms with E-state index in [4.69, 9.17) is 5.26 Å². The fourth-order valence-corrected chi connectivity index (χ4v) is 4.36. The van der Waals surface area contributed by atoms with Crippen molar-refractivity contribution in [3.8, 4) is 12.1 Å². The van der Waals surface area contributed by atoms with E-state index in [1.54, 1.807) is 23.1 Å². The van der Waals surface area contributed by atoms with Crippen LogP contribution in [0.4, 0.5) is 17.5 Å². The lowest BCUT2D eigenvalue weighted by Gasteiger charge is -2.30. The van der Waals surface area contributed by atoms with Crippen LogP contribution in [-0.2, 0) is 7.05 Å². The van der Waals surface area contributed by atoms with E-state index in [9.17, 15) is 5.26 Å². The molecule has 1 aliphatic carbocycles. The van der Waals surface area contributed by atoms with Gasteiger partial charge in [0, 0.05) is 25.3 Å². The Morgan fingerprint density at radius 2 is 1.97 bits per heavy atom. The molecule has 170 valence electrons. The van der Waals surface area contributed by atoms with Crippen LogP contribution >= 0.6 is 0 Å². The first-order valence-corrected chi connectivity index (χ1v) is 11.1. The van der Waals surface area contributed by atoms with Gasteiger partial charge in [0.15, 0.2) is 11.5 Å². The summed E-state index contributed by atoms with van der Waals surface area (Å²) in [6.07, 6.45) is 10.5. The summed E-state index contributed by atoms with van der Waals surface area (Å²) >= 11 is 0. The zero-order chi connectivity index (χ0) is 23.7. The van der Waals surface area contributed by atoms with Gasteiger partial charge in [-0.25, -0.2) is 15.0 Å². The van der Waals surface area contributed by atoms with Crippen molar-refractivity contribution in [3.05, 3.63) is 47.8 Å². The molecule has 0 radical (unpaired) electrons. The first kappa shape index (κ1) is 21.3. The second-order valence-corrected chi connectivity index (χ2v) is 8.45. The van der Waals surface area contributed by atoms with E-state index in [1.165, 1.54) is 6.20 Å². The van der Waals surface area contributed by atoms with Crippen LogP contribution in [0.3, 0.4) is 0 Å². The lowest BCUT2D eigenvalue weighted by Crippen LogP contribution is -2.29. The van der Waals surface area contributed by atoms with Gasteiger partial charge in [-0.2, -0.15) is 20.6 Å². The van der Waals surface area contributed by atoms with Gasteiger partial charge in [0.2, 0.25) is 5.95 Å². The molecule has 0 spiro atoms. The number of anilines is 3. The topological polar surface area (TPSA) is 146 Å². The summed E-state index contributed by atoms with van der Waals surface area (Å²) < 4.78 is 3.86. The Balaban J connectivity index is 1.34. The Morgan fingerprint density at radius 3 is 2.74 bits per heavy atom. The van der Waals surface area contributed by atoms with Crippen molar-refractivity contribution in [1.29, 1.82) is 10.5 Å². The molecule has 0 amide bonds. The van der Waals surface area contributed by atoms with Crippen LogP contribution < -0.4 is 10.6 Å². The molecule has 1 saturated carbocycles. The molecule has 34 heavy (non-hydrogen) atoms. The molecule has 11 heteroatoms. The van der Waals surface area contributed by atoms with Gasteiger partial charge in [-0.3, -0.25) is 4.68 Å². The Morgan fingerprint density at radius 1 is 1.09 bits per heavy atom. The fourth-order valence-electron chi connectivity index (χ4n) is 4.36. The molecule has 2 atom stereocenters. The molecule has 4 aromatic rings. The molecular weight excluding hydrogens is 430 g/mol. The maximum absolute atomic E-state index is 9.50. The zero-order valence-corrected chi connectivity index (χ0v) is 18.9. The van der Waals surface area contributed by atoms with Gasteiger partial charge >= 0.3 is 0 Å². The van der Waals surface area contributed by atoms with E-state index >= 15 is 0 Å². The molecule has 1 fully saturated rings. The minimum Gasteiger partial charge on any atom is -0.351 e. The number of nitriles is 2. The van der Waals surface area contributed by atoms with Crippen LogP contribution in [0.5, 0.6) is 0 Å². The summed E-state index contributed by atoms with van der Waals surface area (Å²) in [7, 11) is 1.86. The number of aryl methyl sites for hydroxylation is 1. The minimum absolute atomic E-state index is 0.162. The maximum Gasteiger partial charge on any atom is 0.224 e. The second kappa shape index (κ2) is 8.79. The zero-order valence-electron chi connectivity index (χ0n) is 18.9. The summed E-state index contributed by atoms with van der Waals surface area (Å²) in [5, 5.41) is 29.5. The largest absolute Gasteiger partial charge is 0.351 e. The maximum atomic E-state index is 9.50. The highest BCUT2D eigenvalue weighted by atomic mass is 15.3. The standard InChI is InChI=1S/C23H23N11/c1-14-20(12-29-33(14)2)31-21-16(9-25)11-27-23(32-21)30-17-4-3-5-18(7-17)34-13-28-19-6-15(8-24)10-26-22(19)34/h6,10-13,17-18H,3-5,7H2,1-2H3,(H2,27,30,31,32)/t17-,18+/m1/s1. The van der Waals surface area contributed by atoms with Gasteiger partial charge in [0.1, 0.15) is 23.2 Å². The molecule has 4 aromatic heterocycles. The number of imidazole rings is 1. The first-order valence-electron chi connectivity index (χ1n) is 11.1. The third-order valence-electron chi connectivity index (χ3n) is 6.31. The van der Waals surface area contributed by atoms with Gasteiger partial charge in [-0.1, -0.05) is 0 Å².